The van der Waals surface area contributed by atoms with E-state index < -0.39 is 17.6 Å². The molecule has 0 aliphatic heterocycles. The van der Waals surface area contributed by atoms with Crippen molar-refractivity contribution < 1.29 is 28.5 Å². The van der Waals surface area contributed by atoms with Gasteiger partial charge in [0.25, 0.3) is 11.8 Å². The van der Waals surface area contributed by atoms with Crippen molar-refractivity contribution in [3.8, 4) is 34.1 Å². The normalized spacial score (nSPS) is 13.4. The second kappa shape index (κ2) is 15.0. The maximum Gasteiger partial charge on any atom is 0.265 e. The summed E-state index contributed by atoms with van der Waals surface area (Å²) in [4.78, 5) is 26.4. The molecule has 8 heteroatoms. The highest BCUT2D eigenvalue weighted by atomic mass is 16.5. The van der Waals surface area contributed by atoms with Gasteiger partial charge in [0.05, 0.1) is 19.6 Å². The van der Waals surface area contributed by atoms with E-state index in [0.717, 1.165) is 33.4 Å². The molecule has 1 aliphatic rings. The van der Waals surface area contributed by atoms with Crippen LogP contribution in [0.4, 0.5) is 11.4 Å². The van der Waals surface area contributed by atoms with Crippen molar-refractivity contribution in [1.29, 1.82) is 0 Å². The number of para-hydroxylation sites is 4. The van der Waals surface area contributed by atoms with Gasteiger partial charge in [0.15, 0.2) is 35.2 Å². The van der Waals surface area contributed by atoms with Gasteiger partial charge < -0.3 is 29.6 Å². The average Bonchev–Trinajstić information content (AvgIpc) is 3.50. The second-order valence-electron chi connectivity index (χ2n) is 12.8. The summed E-state index contributed by atoms with van der Waals surface area (Å²) in [6.45, 7) is 3.41. The lowest BCUT2D eigenvalue weighted by atomic mass is 9.67. The van der Waals surface area contributed by atoms with Crippen LogP contribution in [0.15, 0.2) is 146 Å². The van der Waals surface area contributed by atoms with E-state index >= 15 is 0 Å². The smallest absolute Gasteiger partial charge is 0.265 e. The molecule has 0 radical (unpaired) electrons. The predicted molar refractivity (Wildman–Crippen MR) is 207 cm³/mol. The fourth-order valence-electron chi connectivity index (χ4n) is 7.04. The van der Waals surface area contributed by atoms with Crippen molar-refractivity contribution in [1.82, 2.24) is 0 Å². The Kier molecular flexibility index (Phi) is 9.86. The Morgan fingerprint density at radius 2 is 0.811 bits per heavy atom. The highest BCUT2D eigenvalue weighted by Crippen LogP contribution is 2.56. The Hall–Kier alpha value is -6.54. The summed E-state index contributed by atoms with van der Waals surface area (Å²) in [5.74, 6) is 1.54. The van der Waals surface area contributed by atoms with Gasteiger partial charge in [-0.15, -0.1) is 0 Å². The molecule has 8 nitrogen and oxygen atoms in total. The maximum atomic E-state index is 13.2. The van der Waals surface area contributed by atoms with Gasteiger partial charge in [-0.1, -0.05) is 97.1 Å². The van der Waals surface area contributed by atoms with E-state index in [2.05, 4.69) is 83.4 Å². The molecule has 0 saturated heterocycles. The molecular weight excluding hydrogens is 665 g/mol. The van der Waals surface area contributed by atoms with Crippen LogP contribution >= 0.6 is 0 Å². The molecule has 6 aromatic rings. The van der Waals surface area contributed by atoms with E-state index in [4.69, 9.17) is 18.9 Å². The first-order chi connectivity index (χ1) is 25.8. The Labute approximate surface area is 309 Å². The number of hydrogen-bond donors (Lipinski definition) is 2. The zero-order chi connectivity index (χ0) is 37.0. The van der Waals surface area contributed by atoms with E-state index in [1.165, 1.54) is 0 Å². The van der Waals surface area contributed by atoms with E-state index in [0.29, 0.717) is 34.4 Å². The summed E-state index contributed by atoms with van der Waals surface area (Å²) in [5.41, 5.74) is 7.28. The molecule has 2 amide bonds. The number of methoxy groups -OCH3 is 2. The molecule has 0 aromatic heterocycles. The van der Waals surface area contributed by atoms with Crippen molar-refractivity contribution in [2.45, 2.75) is 31.5 Å². The van der Waals surface area contributed by atoms with Crippen molar-refractivity contribution in [3.05, 3.63) is 168 Å². The SMILES string of the molecule is COc1ccccc1O[C@@H](C)C(=O)Nc1ccc(C2(c3ccc(NC(=O)[C@@H](C)Oc4ccccc4OC)cc3)c3ccccc3-c3ccccc32)cc1. The van der Waals surface area contributed by atoms with E-state index in [9.17, 15) is 9.59 Å². The minimum Gasteiger partial charge on any atom is -0.493 e. The molecule has 7 rings (SSSR count). The lowest BCUT2D eigenvalue weighted by molar-refractivity contribution is -0.122. The van der Waals surface area contributed by atoms with Crippen molar-refractivity contribution in [2.24, 2.45) is 0 Å². The van der Waals surface area contributed by atoms with Crippen LogP contribution in [0.1, 0.15) is 36.1 Å². The second-order valence-corrected chi connectivity index (χ2v) is 12.8. The fourth-order valence-corrected chi connectivity index (χ4v) is 7.04. The van der Waals surface area contributed by atoms with Gasteiger partial charge in [-0.25, -0.2) is 0 Å². The summed E-state index contributed by atoms with van der Waals surface area (Å²) in [7, 11) is 3.13. The number of ether oxygens (including phenoxy) is 4. The molecular formula is C45H40N2O6. The van der Waals surface area contributed by atoms with Crippen molar-refractivity contribution >= 4 is 23.2 Å². The molecule has 53 heavy (non-hydrogen) atoms. The number of benzene rings is 6. The number of anilines is 2. The lowest BCUT2D eigenvalue weighted by Crippen LogP contribution is -2.31. The van der Waals surface area contributed by atoms with Crippen molar-refractivity contribution in [3.63, 3.8) is 0 Å². The standard InChI is InChI=1S/C45H40N2O6/c1-29(52-41-19-11-9-17-39(41)50-3)43(48)46-33-25-21-31(22-26-33)45(37-15-7-5-13-35(37)36-14-6-8-16-38(36)45)32-23-27-34(28-24-32)47-44(49)30(2)53-42-20-12-10-18-40(42)51-4/h5-30H,1-4H3,(H,46,48)(H,47,49)/t29-,30+. The third-order valence-corrected chi connectivity index (χ3v) is 9.61. The summed E-state index contributed by atoms with van der Waals surface area (Å²) in [6, 6.07) is 47.3. The Bertz CT molecular complexity index is 2090. The van der Waals surface area contributed by atoms with E-state index in [1.807, 2.05) is 48.5 Å². The molecule has 0 fully saturated rings. The van der Waals surface area contributed by atoms with Gasteiger partial charge in [0.1, 0.15) is 0 Å². The molecule has 0 unspecified atom stereocenters. The van der Waals surface area contributed by atoms with Crippen LogP contribution in [0, 0.1) is 0 Å². The maximum absolute atomic E-state index is 13.2. The minimum absolute atomic E-state index is 0.282. The Morgan fingerprint density at radius 1 is 0.472 bits per heavy atom. The molecule has 0 saturated carbocycles. The van der Waals surface area contributed by atoms with Gasteiger partial charge >= 0.3 is 0 Å². The van der Waals surface area contributed by atoms with Gasteiger partial charge in [0.2, 0.25) is 0 Å². The lowest BCUT2D eigenvalue weighted by Gasteiger charge is -2.34. The molecule has 2 atom stereocenters. The highest BCUT2D eigenvalue weighted by molar-refractivity contribution is 5.95. The molecule has 1 aliphatic carbocycles. The molecule has 266 valence electrons. The average molecular weight is 705 g/mol. The third-order valence-electron chi connectivity index (χ3n) is 9.61. The van der Waals surface area contributed by atoms with Crippen LogP contribution in [-0.4, -0.2) is 38.2 Å². The number of rotatable bonds is 12. The largest absolute Gasteiger partial charge is 0.493 e. The van der Waals surface area contributed by atoms with E-state index in [-0.39, 0.29) is 11.8 Å². The van der Waals surface area contributed by atoms with Gasteiger partial charge in [0, 0.05) is 11.4 Å². The first kappa shape index (κ1) is 34.9. The number of amides is 2. The summed E-state index contributed by atoms with van der Waals surface area (Å²) < 4.78 is 22.6. The topological polar surface area (TPSA) is 95.1 Å². The van der Waals surface area contributed by atoms with E-state index in [1.54, 1.807) is 52.3 Å². The first-order valence-corrected chi connectivity index (χ1v) is 17.4. The first-order valence-electron chi connectivity index (χ1n) is 17.4. The quantitative estimate of drug-likeness (QED) is 0.132. The van der Waals surface area contributed by atoms with Gasteiger partial charge in [-0.05, 0) is 95.8 Å². The van der Waals surface area contributed by atoms with Crippen molar-refractivity contribution in [2.75, 3.05) is 24.9 Å². The summed E-state index contributed by atoms with van der Waals surface area (Å²) in [5, 5.41) is 6.00. The van der Waals surface area contributed by atoms with Crippen LogP contribution in [0.2, 0.25) is 0 Å². The molecule has 0 spiro atoms. The summed E-state index contributed by atoms with van der Waals surface area (Å²) >= 11 is 0. The monoisotopic (exact) mass is 704 g/mol. The number of fused-ring (bicyclic) bond motifs is 3. The zero-order valence-corrected chi connectivity index (χ0v) is 30.0. The van der Waals surface area contributed by atoms with Crippen LogP contribution < -0.4 is 29.6 Å². The molecule has 6 aromatic carbocycles. The van der Waals surface area contributed by atoms with Gasteiger partial charge in [-0.3, -0.25) is 9.59 Å². The number of carbonyl (C=O) groups excluding carboxylic acids is 2. The Morgan fingerprint density at radius 3 is 1.19 bits per heavy atom. The molecule has 0 heterocycles. The van der Waals surface area contributed by atoms with Crippen LogP contribution in [0.5, 0.6) is 23.0 Å². The minimum atomic E-state index is -0.763. The third kappa shape index (κ3) is 6.67. The van der Waals surface area contributed by atoms with Gasteiger partial charge in [-0.2, -0.15) is 0 Å². The predicted octanol–water partition coefficient (Wildman–Crippen LogP) is 8.88. The zero-order valence-electron chi connectivity index (χ0n) is 30.0. The fraction of sp³-hybridized carbons (Fsp3) is 0.156. The summed E-state index contributed by atoms with van der Waals surface area (Å²) in [6.07, 6.45) is -1.53. The highest BCUT2D eigenvalue weighted by Gasteiger charge is 2.45. The number of hydrogen-bond acceptors (Lipinski definition) is 6. The van der Waals surface area contributed by atoms with Crippen LogP contribution in [0.3, 0.4) is 0 Å². The molecule has 2 N–H and O–H groups in total. The number of carbonyl (C=O) groups is 2. The number of nitrogens with one attached hydrogen (secondary N) is 2. The molecule has 0 bridgehead atoms. The van der Waals surface area contributed by atoms with Crippen LogP contribution in [0.25, 0.3) is 11.1 Å². The van der Waals surface area contributed by atoms with Crippen LogP contribution in [-0.2, 0) is 15.0 Å². The Balaban J connectivity index is 1.17.